The van der Waals surface area contributed by atoms with Crippen LogP contribution in [0.15, 0.2) is 17.4 Å². The highest BCUT2D eigenvalue weighted by Gasteiger charge is 2.04. The first kappa shape index (κ1) is 19.2. The SMILES string of the molecule is CC(C)CCNC(N)=NCc1nccn1CC(C)C.I. The molecule has 6 heteroatoms. The molecule has 0 aliphatic heterocycles. The van der Waals surface area contributed by atoms with E-state index < -0.39 is 0 Å². The Hall–Kier alpha value is -0.790. The smallest absolute Gasteiger partial charge is 0.189 e. The minimum atomic E-state index is 0. The van der Waals surface area contributed by atoms with Crippen molar-refractivity contribution >= 4 is 29.9 Å². The van der Waals surface area contributed by atoms with Crippen LogP contribution in [-0.4, -0.2) is 22.1 Å². The molecule has 0 aromatic carbocycles. The molecule has 116 valence electrons. The van der Waals surface area contributed by atoms with E-state index in [4.69, 9.17) is 5.73 Å². The van der Waals surface area contributed by atoms with Gasteiger partial charge in [-0.3, -0.25) is 0 Å². The molecule has 0 atom stereocenters. The summed E-state index contributed by atoms with van der Waals surface area (Å²) in [4.78, 5) is 8.65. The van der Waals surface area contributed by atoms with Gasteiger partial charge in [-0.05, 0) is 18.3 Å². The number of halogens is 1. The van der Waals surface area contributed by atoms with E-state index in [-0.39, 0.29) is 24.0 Å². The van der Waals surface area contributed by atoms with Crippen molar-refractivity contribution in [1.82, 2.24) is 14.9 Å². The summed E-state index contributed by atoms with van der Waals surface area (Å²) in [6.07, 6.45) is 4.90. The summed E-state index contributed by atoms with van der Waals surface area (Å²) in [5.41, 5.74) is 5.83. The maximum absolute atomic E-state index is 5.83. The highest BCUT2D eigenvalue weighted by molar-refractivity contribution is 14.0. The molecular weight excluding hydrogens is 365 g/mol. The molecule has 5 nitrogen and oxygen atoms in total. The monoisotopic (exact) mass is 393 g/mol. The largest absolute Gasteiger partial charge is 0.370 e. The lowest BCUT2D eigenvalue weighted by atomic mass is 10.1. The number of nitrogens with two attached hydrogens (primary N) is 1. The van der Waals surface area contributed by atoms with E-state index >= 15 is 0 Å². The number of aromatic nitrogens is 2. The molecule has 0 spiro atoms. The van der Waals surface area contributed by atoms with Crippen molar-refractivity contribution < 1.29 is 0 Å². The molecule has 0 aliphatic carbocycles. The van der Waals surface area contributed by atoms with E-state index in [0.29, 0.717) is 24.3 Å². The second kappa shape index (κ2) is 10.0. The normalized spacial score (nSPS) is 11.8. The molecule has 0 radical (unpaired) electrons. The molecule has 1 heterocycles. The van der Waals surface area contributed by atoms with E-state index in [1.165, 1.54) is 0 Å². The fourth-order valence-electron chi connectivity index (χ4n) is 1.75. The Morgan fingerprint density at radius 2 is 2.05 bits per heavy atom. The number of nitrogens with zero attached hydrogens (tertiary/aromatic N) is 3. The summed E-state index contributed by atoms with van der Waals surface area (Å²) in [6.45, 7) is 11.1. The Bertz CT molecular complexity index is 398. The summed E-state index contributed by atoms with van der Waals surface area (Å²) >= 11 is 0. The van der Waals surface area contributed by atoms with Gasteiger partial charge in [0.2, 0.25) is 0 Å². The van der Waals surface area contributed by atoms with Crippen LogP contribution < -0.4 is 11.1 Å². The number of hydrogen-bond acceptors (Lipinski definition) is 2. The molecule has 0 amide bonds. The zero-order valence-corrected chi connectivity index (χ0v) is 15.3. The Balaban J connectivity index is 0.00000361. The van der Waals surface area contributed by atoms with E-state index in [1.54, 1.807) is 0 Å². The number of guanidine groups is 1. The van der Waals surface area contributed by atoms with Gasteiger partial charge in [-0.2, -0.15) is 0 Å². The van der Waals surface area contributed by atoms with E-state index in [9.17, 15) is 0 Å². The highest BCUT2D eigenvalue weighted by atomic mass is 127. The molecule has 3 N–H and O–H groups in total. The predicted octanol–water partition coefficient (Wildman–Crippen LogP) is 2.61. The molecule has 0 saturated heterocycles. The van der Waals surface area contributed by atoms with Crippen LogP contribution in [0.25, 0.3) is 0 Å². The molecule has 0 unspecified atom stereocenters. The third-order valence-electron chi connectivity index (χ3n) is 2.78. The van der Waals surface area contributed by atoms with Crippen LogP contribution in [0.4, 0.5) is 0 Å². The lowest BCUT2D eigenvalue weighted by molar-refractivity contribution is 0.507. The topological polar surface area (TPSA) is 68.2 Å². The van der Waals surface area contributed by atoms with Gasteiger partial charge in [0, 0.05) is 25.5 Å². The van der Waals surface area contributed by atoms with Crippen LogP contribution in [0.3, 0.4) is 0 Å². The molecule has 0 bridgehead atoms. The fraction of sp³-hybridized carbons (Fsp3) is 0.714. The second-order valence-corrected chi connectivity index (χ2v) is 5.70. The first-order chi connectivity index (χ1) is 8.99. The highest BCUT2D eigenvalue weighted by Crippen LogP contribution is 2.04. The van der Waals surface area contributed by atoms with Gasteiger partial charge in [0.05, 0.1) is 0 Å². The van der Waals surface area contributed by atoms with E-state index in [1.807, 2.05) is 12.4 Å². The zero-order valence-electron chi connectivity index (χ0n) is 13.0. The van der Waals surface area contributed by atoms with Crippen LogP contribution in [-0.2, 0) is 13.1 Å². The summed E-state index contributed by atoms with van der Waals surface area (Å²) in [7, 11) is 0. The minimum absolute atomic E-state index is 0. The molecule has 1 aromatic heterocycles. The van der Waals surface area contributed by atoms with Crippen LogP contribution in [0.5, 0.6) is 0 Å². The number of imidazole rings is 1. The predicted molar refractivity (Wildman–Crippen MR) is 95.3 cm³/mol. The molecular formula is C14H28IN5. The molecule has 0 fully saturated rings. The van der Waals surface area contributed by atoms with Gasteiger partial charge in [-0.1, -0.05) is 27.7 Å². The Morgan fingerprint density at radius 1 is 1.35 bits per heavy atom. The maximum atomic E-state index is 5.83. The summed E-state index contributed by atoms with van der Waals surface area (Å²) in [6, 6.07) is 0. The van der Waals surface area contributed by atoms with E-state index in [0.717, 1.165) is 25.3 Å². The first-order valence-electron chi connectivity index (χ1n) is 7.02. The van der Waals surface area contributed by atoms with Crippen LogP contribution in [0.2, 0.25) is 0 Å². The quantitative estimate of drug-likeness (QED) is 0.425. The van der Waals surface area contributed by atoms with Crippen molar-refractivity contribution in [2.75, 3.05) is 6.54 Å². The van der Waals surface area contributed by atoms with Crippen LogP contribution >= 0.6 is 24.0 Å². The van der Waals surface area contributed by atoms with Crippen molar-refractivity contribution in [3.05, 3.63) is 18.2 Å². The standard InChI is InChI=1S/C14H27N5.HI/c1-11(2)5-6-17-14(15)18-9-13-16-7-8-19(13)10-12(3)4;/h7-8,11-12H,5-6,9-10H2,1-4H3,(H3,15,17,18);1H. The Labute approximate surface area is 139 Å². The molecule has 1 rings (SSSR count). The third-order valence-corrected chi connectivity index (χ3v) is 2.78. The lowest BCUT2D eigenvalue weighted by Crippen LogP contribution is -2.33. The lowest BCUT2D eigenvalue weighted by Gasteiger charge is -2.10. The average molecular weight is 393 g/mol. The molecule has 1 aromatic rings. The number of hydrogen-bond donors (Lipinski definition) is 2. The van der Waals surface area contributed by atoms with Crippen molar-refractivity contribution in [1.29, 1.82) is 0 Å². The summed E-state index contributed by atoms with van der Waals surface area (Å²) in [5.74, 6) is 2.73. The molecule has 0 saturated carbocycles. The fourth-order valence-corrected chi connectivity index (χ4v) is 1.75. The second-order valence-electron chi connectivity index (χ2n) is 5.70. The number of nitrogens with one attached hydrogen (secondary N) is 1. The van der Waals surface area contributed by atoms with Gasteiger partial charge in [0.25, 0.3) is 0 Å². The Kier molecular flexibility index (Phi) is 9.62. The van der Waals surface area contributed by atoms with Crippen LogP contribution in [0, 0.1) is 11.8 Å². The Morgan fingerprint density at radius 3 is 2.65 bits per heavy atom. The van der Waals surface area contributed by atoms with Gasteiger partial charge in [0.1, 0.15) is 12.4 Å². The van der Waals surface area contributed by atoms with Crippen molar-refractivity contribution in [2.45, 2.75) is 47.2 Å². The summed E-state index contributed by atoms with van der Waals surface area (Å²) in [5, 5.41) is 3.13. The van der Waals surface area contributed by atoms with Crippen LogP contribution in [0.1, 0.15) is 39.9 Å². The minimum Gasteiger partial charge on any atom is -0.370 e. The zero-order chi connectivity index (χ0) is 14.3. The van der Waals surface area contributed by atoms with Crippen molar-refractivity contribution in [3.63, 3.8) is 0 Å². The van der Waals surface area contributed by atoms with Crippen molar-refractivity contribution in [2.24, 2.45) is 22.6 Å². The molecule has 0 aliphatic rings. The van der Waals surface area contributed by atoms with Gasteiger partial charge in [0.15, 0.2) is 5.96 Å². The number of rotatable bonds is 7. The third kappa shape index (κ3) is 7.72. The van der Waals surface area contributed by atoms with Gasteiger partial charge < -0.3 is 15.6 Å². The van der Waals surface area contributed by atoms with Crippen molar-refractivity contribution in [3.8, 4) is 0 Å². The van der Waals surface area contributed by atoms with E-state index in [2.05, 4.69) is 47.6 Å². The molecule has 20 heavy (non-hydrogen) atoms. The summed E-state index contributed by atoms with van der Waals surface area (Å²) < 4.78 is 2.13. The number of aliphatic imine (C=N–C) groups is 1. The van der Waals surface area contributed by atoms with Gasteiger partial charge in [-0.25, -0.2) is 9.98 Å². The average Bonchev–Trinajstić information content (AvgIpc) is 2.72. The maximum Gasteiger partial charge on any atom is 0.189 e. The first-order valence-corrected chi connectivity index (χ1v) is 7.02. The van der Waals surface area contributed by atoms with Gasteiger partial charge in [-0.15, -0.1) is 24.0 Å². The van der Waals surface area contributed by atoms with Gasteiger partial charge >= 0.3 is 0 Å².